The van der Waals surface area contributed by atoms with Crippen molar-refractivity contribution < 1.29 is 4.74 Å². The van der Waals surface area contributed by atoms with Crippen molar-refractivity contribution in [1.82, 2.24) is 11.1 Å². The van der Waals surface area contributed by atoms with E-state index in [1.807, 2.05) is 18.3 Å². The summed E-state index contributed by atoms with van der Waals surface area (Å²) in [7, 11) is 0. The molecule has 0 spiro atoms. The highest BCUT2D eigenvalue weighted by molar-refractivity contribution is 5.67. The fourth-order valence-corrected chi connectivity index (χ4v) is 4.57. The number of nitrogens with zero attached hydrogens (tertiary/aromatic N) is 1. The summed E-state index contributed by atoms with van der Waals surface area (Å²) in [6.45, 7) is 0. The molecule has 0 aliphatic carbocycles. The molecule has 3 aromatic carbocycles. The molecule has 0 amide bonds. The van der Waals surface area contributed by atoms with Gasteiger partial charge in [-0.1, -0.05) is 78.9 Å². The Kier molecular flexibility index (Phi) is 6.15. The summed E-state index contributed by atoms with van der Waals surface area (Å²) in [6.07, 6.45) is 5.62. The Morgan fingerprint density at radius 3 is 1.97 bits per heavy atom. The average Bonchev–Trinajstić information content (AvgIpc) is 2.80. The minimum atomic E-state index is -0.252. The van der Waals surface area contributed by atoms with Crippen molar-refractivity contribution in [3.8, 4) is 17.0 Å². The van der Waals surface area contributed by atoms with Gasteiger partial charge in [-0.3, -0.25) is 4.98 Å². The highest BCUT2D eigenvalue weighted by atomic mass is 16.5. The molecular formula is C28H28N2O. The van der Waals surface area contributed by atoms with Crippen LogP contribution in [0.25, 0.3) is 11.3 Å². The molecule has 0 saturated carbocycles. The first-order valence-corrected chi connectivity index (χ1v) is 10.6. The quantitative estimate of drug-likeness (QED) is 0.412. The molecule has 2 heterocycles. The number of fused-ring (bicyclic) bond motifs is 1. The lowest BCUT2D eigenvalue weighted by Crippen LogP contribution is -2.44. The third-order valence-corrected chi connectivity index (χ3v) is 5.97. The van der Waals surface area contributed by atoms with Crippen molar-refractivity contribution in [2.75, 3.05) is 0 Å². The van der Waals surface area contributed by atoms with Crippen LogP contribution in [0.15, 0.2) is 103 Å². The zero-order valence-corrected chi connectivity index (χ0v) is 17.7. The maximum absolute atomic E-state index is 6.86. The normalized spacial score (nSPS) is 14.1. The molecule has 0 fully saturated rings. The summed E-state index contributed by atoms with van der Waals surface area (Å²) < 4.78 is 6.86. The van der Waals surface area contributed by atoms with Crippen molar-refractivity contribution in [3.05, 3.63) is 120 Å². The van der Waals surface area contributed by atoms with Crippen LogP contribution in [0.2, 0.25) is 0 Å². The zero-order chi connectivity index (χ0) is 20.2. The van der Waals surface area contributed by atoms with Gasteiger partial charge in [-0.2, -0.15) is 0 Å². The fourth-order valence-electron chi connectivity index (χ4n) is 4.57. The van der Waals surface area contributed by atoms with Crippen LogP contribution in [0.1, 0.15) is 23.1 Å². The molecule has 0 radical (unpaired) electrons. The molecule has 4 aromatic rings. The monoisotopic (exact) mass is 408 g/mol. The number of hydrogen-bond acceptors (Lipinski definition) is 3. The first kappa shape index (κ1) is 20.8. The summed E-state index contributed by atoms with van der Waals surface area (Å²) in [4.78, 5) is 4.57. The lowest BCUT2D eigenvalue weighted by molar-refractivity contribution is 0.0466. The molecule has 0 atom stereocenters. The van der Waals surface area contributed by atoms with E-state index in [1.54, 1.807) is 0 Å². The van der Waals surface area contributed by atoms with Gasteiger partial charge in [0.25, 0.3) is 0 Å². The predicted octanol–water partition coefficient (Wildman–Crippen LogP) is 6.46. The summed E-state index contributed by atoms with van der Waals surface area (Å²) >= 11 is 0. The molecule has 3 heteroatoms. The van der Waals surface area contributed by atoms with Crippen LogP contribution < -0.4 is 10.9 Å². The minimum Gasteiger partial charge on any atom is -0.486 e. The summed E-state index contributed by atoms with van der Waals surface area (Å²) in [5, 5.41) is 0. The van der Waals surface area contributed by atoms with E-state index < -0.39 is 0 Å². The van der Waals surface area contributed by atoms with Crippen LogP contribution in [0.4, 0.5) is 0 Å². The van der Waals surface area contributed by atoms with E-state index in [1.165, 1.54) is 22.3 Å². The van der Waals surface area contributed by atoms with Gasteiger partial charge in [0, 0.05) is 30.2 Å². The van der Waals surface area contributed by atoms with Crippen LogP contribution in [0.3, 0.4) is 0 Å². The highest BCUT2D eigenvalue weighted by Gasteiger charge is 2.37. The van der Waals surface area contributed by atoms with Gasteiger partial charge in [0.15, 0.2) is 0 Å². The Balaban J connectivity index is 0.00000231. The van der Waals surface area contributed by atoms with Crippen LogP contribution in [-0.2, 0) is 19.3 Å². The fraction of sp³-hybridized carbons (Fsp3) is 0.179. The first-order chi connectivity index (χ1) is 14.8. The van der Waals surface area contributed by atoms with Crippen molar-refractivity contribution in [1.29, 1.82) is 0 Å². The van der Waals surface area contributed by atoms with E-state index in [4.69, 9.17) is 4.74 Å². The van der Waals surface area contributed by atoms with E-state index in [0.717, 1.165) is 37.1 Å². The number of pyridine rings is 1. The number of rotatable bonds is 5. The number of aromatic nitrogens is 1. The van der Waals surface area contributed by atoms with Crippen molar-refractivity contribution in [2.45, 2.75) is 31.3 Å². The Bertz CT molecular complexity index is 1070. The van der Waals surface area contributed by atoms with Gasteiger partial charge in [-0.05, 0) is 42.2 Å². The van der Waals surface area contributed by atoms with E-state index in [2.05, 4.69) is 89.9 Å². The number of hydrogen-bond donors (Lipinski definition) is 1. The lowest BCUT2D eigenvalue weighted by Gasteiger charge is -2.40. The maximum Gasteiger partial charge on any atom is 0.124 e. The molecule has 1 aliphatic rings. The Morgan fingerprint density at radius 2 is 1.35 bits per heavy atom. The molecule has 3 nitrogen and oxygen atoms in total. The Hall–Kier alpha value is -3.43. The summed E-state index contributed by atoms with van der Waals surface area (Å²) in [5.41, 5.74) is 5.85. The van der Waals surface area contributed by atoms with Crippen LogP contribution in [0, 0.1) is 0 Å². The number of benzene rings is 3. The average molecular weight is 409 g/mol. The molecule has 156 valence electrons. The van der Waals surface area contributed by atoms with Gasteiger partial charge in [0.1, 0.15) is 11.4 Å². The molecule has 3 N–H and O–H groups in total. The van der Waals surface area contributed by atoms with E-state index in [9.17, 15) is 0 Å². The third kappa shape index (κ3) is 4.52. The standard InChI is InChI=1S/C28H25NO.H3N/c1-3-10-22(11-4-1)20-28(21-23-12-5-2-6-13-23)18-17-25-24(14-9-16-27(25)30-28)26-15-7-8-19-29-26;/h1-16,19H,17-18,20-21H2;1H3. The maximum atomic E-state index is 6.86. The summed E-state index contributed by atoms with van der Waals surface area (Å²) in [6, 6.07) is 33.9. The summed E-state index contributed by atoms with van der Waals surface area (Å²) in [5.74, 6) is 0.997. The molecule has 1 aromatic heterocycles. The van der Waals surface area contributed by atoms with Crippen LogP contribution in [-0.4, -0.2) is 10.6 Å². The Morgan fingerprint density at radius 1 is 0.710 bits per heavy atom. The zero-order valence-electron chi connectivity index (χ0n) is 17.7. The molecule has 5 rings (SSSR count). The van der Waals surface area contributed by atoms with E-state index in [-0.39, 0.29) is 11.8 Å². The van der Waals surface area contributed by atoms with E-state index >= 15 is 0 Å². The van der Waals surface area contributed by atoms with Gasteiger partial charge in [0.2, 0.25) is 0 Å². The van der Waals surface area contributed by atoms with Gasteiger partial charge < -0.3 is 10.9 Å². The lowest BCUT2D eigenvalue weighted by atomic mass is 9.80. The molecular weight excluding hydrogens is 380 g/mol. The van der Waals surface area contributed by atoms with Crippen molar-refractivity contribution >= 4 is 0 Å². The molecule has 1 aliphatic heterocycles. The first-order valence-electron chi connectivity index (χ1n) is 10.6. The Labute approximate surface area is 184 Å². The second kappa shape index (κ2) is 9.15. The molecule has 0 bridgehead atoms. The van der Waals surface area contributed by atoms with Crippen LogP contribution >= 0.6 is 0 Å². The van der Waals surface area contributed by atoms with Crippen molar-refractivity contribution in [3.63, 3.8) is 0 Å². The largest absolute Gasteiger partial charge is 0.486 e. The third-order valence-electron chi connectivity index (χ3n) is 5.97. The highest BCUT2D eigenvalue weighted by Crippen LogP contribution is 2.41. The molecule has 31 heavy (non-hydrogen) atoms. The van der Waals surface area contributed by atoms with Gasteiger partial charge in [-0.25, -0.2) is 0 Å². The molecule has 0 unspecified atom stereocenters. The van der Waals surface area contributed by atoms with Gasteiger partial charge in [-0.15, -0.1) is 0 Å². The molecule has 0 saturated heterocycles. The SMILES string of the molecule is N.c1ccc(CC2(Cc3ccccc3)CCc3c(cccc3-c3ccccn3)O2)cc1. The van der Waals surface area contributed by atoms with Crippen molar-refractivity contribution in [2.24, 2.45) is 0 Å². The second-order valence-corrected chi connectivity index (χ2v) is 8.11. The topological polar surface area (TPSA) is 57.1 Å². The predicted molar refractivity (Wildman–Crippen MR) is 127 cm³/mol. The minimum absolute atomic E-state index is 0. The van der Waals surface area contributed by atoms with Gasteiger partial charge in [0.05, 0.1) is 5.69 Å². The van der Waals surface area contributed by atoms with E-state index in [0.29, 0.717) is 0 Å². The number of ether oxygens (including phenoxy) is 1. The van der Waals surface area contributed by atoms with Crippen LogP contribution in [0.5, 0.6) is 5.75 Å². The van der Waals surface area contributed by atoms with Gasteiger partial charge >= 0.3 is 0 Å². The smallest absolute Gasteiger partial charge is 0.124 e. The second-order valence-electron chi connectivity index (χ2n) is 8.11.